The third-order valence-corrected chi connectivity index (χ3v) is 5.26. The van der Waals surface area contributed by atoms with Crippen LogP contribution in [0.15, 0.2) is 60.8 Å². The number of aryl methyl sites for hydroxylation is 1. The molecule has 0 bridgehead atoms. The monoisotopic (exact) mass is 370 g/mol. The zero-order chi connectivity index (χ0) is 18.9. The van der Waals surface area contributed by atoms with Gasteiger partial charge in [0.15, 0.2) is 5.65 Å². The van der Waals surface area contributed by atoms with Crippen molar-refractivity contribution in [1.29, 1.82) is 0 Å². The molecule has 0 amide bonds. The van der Waals surface area contributed by atoms with Crippen molar-refractivity contribution < 1.29 is 0 Å². The maximum absolute atomic E-state index is 4.93. The van der Waals surface area contributed by atoms with Gasteiger partial charge in [0.25, 0.3) is 0 Å². The average molecular weight is 370 g/mol. The number of nitrogens with one attached hydrogen (secondary N) is 2. The lowest BCUT2D eigenvalue weighted by molar-refractivity contribution is 0.469. The quantitative estimate of drug-likeness (QED) is 0.578. The molecule has 0 saturated carbocycles. The number of nitrogens with zero attached hydrogens (tertiary/aromatic N) is 4. The molecular formula is C22H22N6. The summed E-state index contributed by atoms with van der Waals surface area (Å²) in [5, 5.41) is 12.0. The van der Waals surface area contributed by atoms with E-state index >= 15 is 0 Å². The molecule has 140 valence electrons. The van der Waals surface area contributed by atoms with Crippen molar-refractivity contribution in [3.05, 3.63) is 71.9 Å². The van der Waals surface area contributed by atoms with Crippen molar-refractivity contribution in [3.8, 4) is 11.4 Å². The summed E-state index contributed by atoms with van der Waals surface area (Å²) in [6.45, 7) is 4.90. The molecule has 1 aliphatic heterocycles. The van der Waals surface area contributed by atoms with E-state index in [0.717, 1.165) is 42.2 Å². The lowest BCUT2D eigenvalue weighted by Gasteiger charge is -2.35. The molecule has 4 heterocycles. The minimum Gasteiger partial charge on any atom is -0.353 e. The van der Waals surface area contributed by atoms with Crippen LogP contribution in [0.2, 0.25) is 0 Å². The van der Waals surface area contributed by atoms with Gasteiger partial charge < -0.3 is 10.2 Å². The smallest absolute Gasteiger partial charge is 0.181 e. The van der Waals surface area contributed by atoms with Crippen LogP contribution >= 0.6 is 0 Å². The first-order valence-corrected chi connectivity index (χ1v) is 9.59. The molecule has 1 aromatic carbocycles. The number of anilines is 1. The van der Waals surface area contributed by atoms with E-state index in [2.05, 4.69) is 68.7 Å². The first kappa shape index (κ1) is 16.9. The molecule has 3 aromatic heterocycles. The molecule has 0 spiro atoms. The lowest BCUT2D eigenvalue weighted by Crippen LogP contribution is -2.46. The Morgan fingerprint density at radius 1 is 1.07 bits per heavy atom. The molecule has 1 aliphatic rings. The highest BCUT2D eigenvalue weighted by atomic mass is 15.2. The van der Waals surface area contributed by atoms with E-state index in [9.17, 15) is 0 Å². The number of piperazine rings is 1. The van der Waals surface area contributed by atoms with Crippen LogP contribution in [0.1, 0.15) is 17.2 Å². The van der Waals surface area contributed by atoms with Gasteiger partial charge in [-0.2, -0.15) is 5.10 Å². The number of rotatable bonds is 3. The summed E-state index contributed by atoms with van der Waals surface area (Å²) in [5.74, 6) is 0.989. The van der Waals surface area contributed by atoms with Gasteiger partial charge in [0.1, 0.15) is 5.82 Å². The third-order valence-electron chi connectivity index (χ3n) is 5.26. The highest BCUT2D eigenvalue weighted by Gasteiger charge is 2.22. The van der Waals surface area contributed by atoms with Crippen molar-refractivity contribution in [2.75, 3.05) is 24.5 Å². The lowest BCUT2D eigenvalue weighted by atomic mass is 10.0. The number of aromatic nitrogens is 4. The highest BCUT2D eigenvalue weighted by Crippen LogP contribution is 2.27. The van der Waals surface area contributed by atoms with Gasteiger partial charge in [0, 0.05) is 37.3 Å². The fraction of sp³-hybridized carbons (Fsp3) is 0.227. The molecule has 6 heteroatoms. The van der Waals surface area contributed by atoms with Crippen LogP contribution in [0.25, 0.3) is 22.4 Å². The predicted octanol–water partition coefficient (Wildman–Crippen LogP) is 3.48. The van der Waals surface area contributed by atoms with Crippen molar-refractivity contribution in [2.24, 2.45) is 0 Å². The van der Waals surface area contributed by atoms with Crippen LogP contribution < -0.4 is 10.2 Å². The fourth-order valence-corrected chi connectivity index (χ4v) is 3.85. The Balaban J connectivity index is 1.44. The summed E-state index contributed by atoms with van der Waals surface area (Å²) >= 11 is 0. The molecule has 6 nitrogen and oxygen atoms in total. The molecule has 28 heavy (non-hydrogen) atoms. The Morgan fingerprint density at radius 2 is 2.00 bits per heavy atom. The molecule has 1 unspecified atom stereocenters. The van der Waals surface area contributed by atoms with Gasteiger partial charge in [-0.3, -0.25) is 5.10 Å². The predicted molar refractivity (Wildman–Crippen MR) is 111 cm³/mol. The highest BCUT2D eigenvalue weighted by molar-refractivity contribution is 5.89. The minimum atomic E-state index is 0.302. The van der Waals surface area contributed by atoms with E-state index < -0.39 is 0 Å². The topological polar surface area (TPSA) is 69.7 Å². The number of pyridine rings is 2. The average Bonchev–Trinajstić information content (AvgIpc) is 3.18. The Morgan fingerprint density at radius 3 is 2.93 bits per heavy atom. The second kappa shape index (κ2) is 7.05. The summed E-state index contributed by atoms with van der Waals surface area (Å²) in [6.07, 6.45) is 1.75. The van der Waals surface area contributed by atoms with E-state index in [1.54, 1.807) is 6.20 Å². The second-order valence-corrected chi connectivity index (χ2v) is 7.22. The zero-order valence-corrected chi connectivity index (χ0v) is 15.8. The van der Waals surface area contributed by atoms with Crippen LogP contribution in [-0.4, -0.2) is 39.8 Å². The summed E-state index contributed by atoms with van der Waals surface area (Å²) in [6, 6.07) is 19.1. The Hall–Kier alpha value is -3.25. The molecule has 1 atom stereocenters. The maximum atomic E-state index is 4.93. The Bertz CT molecular complexity index is 1120. The molecule has 1 fully saturated rings. The van der Waals surface area contributed by atoms with Crippen LogP contribution in [0.4, 0.5) is 5.82 Å². The van der Waals surface area contributed by atoms with Gasteiger partial charge in [0.05, 0.1) is 11.4 Å². The molecule has 0 radical (unpaired) electrons. The fourth-order valence-electron chi connectivity index (χ4n) is 3.85. The van der Waals surface area contributed by atoms with Crippen molar-refractivity contribution >= 4 is 16.9 Å². The Kier molecular flexibility index (Phi) is 4.25. The first-order valence-electron chi connectivity index (χ1n) is 9.59. The van der Waals surface area contributed by atoms with Crippen LogP contribution in [0.3, 0.4) is 0 Å². The van der Waals surface area contributed by atoms with Gasteiger partial charge in [-0.25, -0.2) is 9.97 Å². The molecular weight excluding hydrogens is 348 g/mol. The molecule has 2 N–H and O–H groups in total. The minimum absolute atomic E-state index is 0.302. The second-order valence-electron chi connectivity index (χ2n) is 7.22. The van der Waals surface area contributed by atoms with E-state index in [1.165, 1.54) is 11.1 Å². The number of hydrogen-bond donors (Lipinski definition) is 2. The van der Waals surface area contributed by atoms with E-state index in [4.69, 9.17) is 4.98 Å². The summed E-state index contributed by atoms with van der Waals surface area (Å²) < 4.78 is 0. The first-order chi connectivity index (χ1) is 13.8. The molecule has 4 aromatic rings. The SMILES string of the molecule is Cc1cccc(C2CN(c3cccc(-c4[nH]nc5ncccc45)n3)CCN2)c1. The standard InChI is InChI=1S/C22H22N6/c1-15-5-2-6-16(13-15)19-14-28(12-11-23-19)20-9-3-8-18(25-20)21-17-7-4-10-24-22(17)27-26-21/h2-10,13,19,23H,11-12,14H2,1H3,(H,24,26,27). The van der Waals surface area contributed by atoms with Crippen molar-refractivity contribution in [3.63, 3.8) is 0 Å². The van der Waals surface area contributed by atoms with Crippen molar-refractivity contribution in [2.45, 2.75) is 13.0 Å². The number of fused-ring (bicyclic) bond motifs is 1. The van der Waals surface area contributed by atoms with Gasteiger partial charge in [0.2, 0.25) is 0 Å². The van der Waals surface area contributed by atoms with E-state index in [1.807, 2.05) is 18.2 Å². The molecule has 1 saturated heterocycles. The Labute approximate surface area is 163 Å². The van der Waals surface area contributed by atoms with Gasteiger partial charge in [-0.05, 0) is 36.8 Å². The molecule has 5 rings (SSSR count). The van der Waals surface area contributed by atoms with Gasteiger partial charge in [-0.15, -0.1) is 0 Å². The van der Waals surface area contributed by atoms with Gasteiger partial charge in [-0.1, -0.05) is 35.9 Å². The third kappa shape index (κ3) is 3.12. The van der Waals surface area contributed by atoms with Crippen LogP contribution in [0, 0.1) is 6.92 Å². The normalized spacial score (nSPS) is 17.2. The number of H-pyrrole nitrogens is 1. The molecule has 0 aliphatic carbocycles. The summed E-state index contributed by atoms with van der Waals surface area (Å²) in [4.78, 5) is 11.6. The zero-order valence-electron chi connectivity index (χ0n) is 15.8. The van der Waals surface area contributed by atoms with Crippen LogP contribution in [-0.2, 0) is 0 Å². The number of benzene rings is 1. The number of aromatic amines is 1. The largest absolute Gasteiger partial charge is 0.353 e. The summed E-state index contributed by atoms with van der Waals surface area (Å²) in [5.41, 5.74) is 5.13. The van der Waals surface area contributed by atoms with Crippen LogP contribution in [0.5, 0.6) is 0 Å². The number of hydrogen-bond acceptors (Lipinski definition) is 5. The van der Waals surface area contributed by atoms with E-state index in [-0.39, 0.29) is 0 Å². The van der Waals surface area contributed by atoms with Crippen molar-refractivity contribution in [1.82, 2.24) is 25.5 Å². The summed E-state index contributed by atoms with van der Waals surface area (Å²) in [7, 11) is 0. The maximum Gasteiger partial charge on any atom is 0.181 e. The van der Waals surface area contributed by atoms with E-state index in [0.29, 0.717) is 11.7 Å². The van der Waals surface area contributed by atoms with Gasteiger partial charge >= 0.3 is 0 Å².